The van der Waals surface area contributed by atoms with E-state index in [2.05, 4.69) is 48.1 Å². The predicted octanol–water partition coefficient (Wildman–Crippen LogP) is 4.38. The van der Waals surface area contributed by atoms with Crippen molar-refractivity contribution in [2.45, 2.75) is 57.3 Å². The van der Waals surface area contributed by atoms with E-state index >= 15 is 0 Å². The first-order chi connectivity index (χ1) is 19.4. The fraction of sp³-hybridized carbons (Fsp3) is 0.448. The molecule has 2 aliphatic rings. The van der Waals surface area contributed by atoms with Gasteiger partial charge in [-0.25, -0.2) is 18.4 Å². The van der Waals surface area contributed by atoms with Crippen LogP contribution in [-0.2, 0) is 36.2 Å². The number of H-pyrrole nitrogens is 2. The molecule has 11 heteroatoms. The van der Waals surface area contributed by atoms with E-state index < -0.39 is 10.0 Å². The Morgan fingerprint density at radius 2 is 1.52 bits per heavy atom. The summed E-state index contributed by atoms with van der Waals surface area (Å²) in [5.74, 6) is 1.17. The van der Waals surface area contributed by atoms with Crippen LogP contribution in [0.3, 0.4) is 0 Å². The van der Waals surface area contributed by atoms with Gasteiger partial charge in [-0.3, -0.25) is 9.80 Å². The highest BCUT2D eigenvalue weighted by Crippen LogP contribution is 2.41. The Bertz CT molecular complexity index is 1440. The SMILES string of the molecule is Cc1ccsc1CN1CCC2(CCN(Cc3ccc(S(=O)(=O)N(Cc4ncc[nH]4)Cc4ncc[nH]4)cc3)CC2)C1. The predicted molar refractivity (Wildman–Crippen MR) is 156 cm³/mol. The molecule has 6 rings (SSSR count). The van der Waals surface area contributed by atoms with E-state index in [0.29, 0.717) is 17.1 Å². The summed E-state index contributed by atoms with van der Waals surface area (Å²) in [5.41, 5.74) is 3.01. The average molecular weight is 580 g/mol. The van der Waals surface area contributed by atoms with Gasteiger partial charge in [-0.1, -0.05) is 12.1 Å². The van der Waals surface area contributed by atoms with Crippen LogP contribution in [0.25, 0.3) is 0 Å². The normalized spacial score (nSPS) is 18.2. The van der Waals surface area contributed by atoms with Gasteiger partial charge in [0.1, 0.15) is 11.6 Å². The van der Waals surface area contributed by atoms with E-state index in [4.69, 9.17) is 0 Å². The Kier molecular flexibility index (Phi) is 7.91. The minimum Gasteiger partial charge on any atom is -0.347 e. The Labute approximate surface area is 240 Å². The van der Waals surface area contributed by atoms with E-state index in [0.717, 1.165) is 31.7 Å². The summed E-state index contributed by atoms with van der Waals surface area (Å²) in [4.78, 5) is 21.4. The number of likely N-dealkylation sites (tertiary alicyclic amines) is 2. The van der Waals surface area contributed by atoms with Gasteiger partial charge >= 0.3 is 0 Å². The standard InChI is InChI=1S/C29H37N7O2S2/c1-23-6-17-39-26(23)19-35-16-9-29(22-35)7-14-34(15-8-29)18-24-2-4-25(5-3-24)40(37,38)36(20-27-30-10-11-31-27)21-28-32-12-13-33-28/h2-6,10-13,17H,7-9,14-16,18-22H2,1H3,(H,30,31)(H,32,33). The van der Waals surface area contributed by atoms with Gasteiger partial charge < -0.3 is 9.97 Å². The fourth-order valence-corrected chi connectivity index (χ4v) is 8.34. The first-order valence-electron chi connectivity index (χ1n) is 13.9. The van der Waals surface area contributed by atoms with Gasteiger partial charge in [-0.15, -0.1) is 11.3 Å². The number of aromatic nitrogens is 4. The average Bonchev–Trinajstić information content (AvgIpc) is 3.77. The van der Waals surface area contributed by atoms with Crippen LogP contribution >= 0.6 is 11.3 Å². The maximum atomic E-state index is 13.6. The van der Waals surface area contributed by atoms with Crippen LogP contribution in [0.15, 0.2) is 65.4 Å². The molecule has 0 amide bonds. The van der Waals surface area contributed by atoms with Gasteiger partial charge in [0.15, 0.2) is 0 Å². The van der Waals surface area contributed by atoms with Gasteiger partial charge in [0.2, 0.25) is 10.0 Å². The summed E-state index contributed by atoms with van der Waals surface area (Å²) in [7, 11) is -3.75. The number of piperidine rings is 1. The van der Waals surface area contributed by atoms with Crippen LogP contribution in [0.4, 0.5) is 0 Å². The second kappa shape index (κ2) is 11.6. The molecular formula is C29H37N7O2S2. The minimum absolute atomic E-state index is 0.137. The summed E-state index contributed by atoms with van der Waals surface area (Å²) in [6, 6.07) is 9.60. The van der Waals surface area contributed by atoms with Crippen molar-refractivity contribution >= 4 is 21.4 Å². The third-order valence-corrected chi connectivity index (χ3v) is 11.3. The van der Waals surface area contributed by atoms with Crippen LogP contribution in [0.5, 0.6) is 0 Å². The molecule has 0 atom stereocenters. The lowest BCUT2D eigenvalue weighted by Gasteiger charge is -2.39. The van der Waals surface area contributed by atoms with Gasteiger partial charge in [-0.2, -0.15) is 4.31 Å². The molecule has 5 heterocycles. The van der Waals surface area contributed by atoms with Crippen LogP contribution in [0.1, 0.15) is 46.9 Å². The molecule has 40 heavy (non-hydrogen) atoms. The smallest absolute Gasteiger partial charge is 0.243 e. The number of rotatable bonds is 10. The summed E-state index contributed by atoms with van der Waals surface area (Å²) in [5, 5.41) is 2.20. The van der Waals surface area contributed by atoms with Gasteiger partial charge in [0.25, 0.3) is 0 Å². The molecule has 2 N–H and O–H groups in total. The van der Waals surface area contributed by atoms with Gasteiger partial charge in [-0.05, 0) is 85.9 Å². The molecule has 0 aliphatic carbocycles. The fourth-order valence-electron chi connectivity index (χ4n) is 6.03. The monoisotopic (exact) mass is 579 g/mol. The molecule has 3 aromatic heterocycles. The third kappa shape index (κ3) is 6.08. The second-order valence-corrected chi connectivity index (χ2v) is 14.2. The molecule has 9 nitrogen and oxygen atoms in total. The Morgan fingerprint density at radius 3 is 2.08 bits per heavy atom. The molecule has 2 saturated heterocycles. The second-order valence-electron chi connectivity index (χ2n) is 11.3. The lowest BCUT2D eigenvalue weighted by molar-refractivity contribution is 0.102. The van der Waals surface area contributed by atoms with Crippen molar-refractivity contribution in [3.63, 3.8) is 0 Å². The molecule has 1 spiro atoms. The summed E-state index contributed by atoms with van der Waals surface area (Å²) < 4.78 is 28.6. The first kappa shape index (κ1) is 27.3. The molecule has 0 saturated carbocycles. The molecule has 2 aliphatic heterocycles. The van der Waals surface area contributed by atoms with Crippen molar-refractivity contribution in [3.05, 3.63) is 88.2 Å². The highest BCUT2D eigenvalue weighted by atomic mass is 32.2. The summed E-state index contributed by atoms with van der Waals surface area (Å²) in [6.45, 7) is 9.01. The number of imidazole rings is 2. The molecular weight excluding hydrogens is 543 g/mol. The van der Waals surface area contributed by atoms with Gasteiger partial charge in [0, 0.05) is 49.3 Å². The molecule has 4 aromatic rings. The maximum Gasteiger partial charge on any atom is 0.243 e. The minimum atomic E-state index is -3.75. The van der Waals surface area contributed by atoms with Crippen molar-refractivity contribution in [3.8, 4) is 0 Å². The van der Waals surface area contributed by atoms with Crippen molar-refractivity contribution in [2.24, 2.45) is 5.41 Å². The van der Waals surface area contributed by atoms with E-state index in [1.54, 1.807) is 36.9 Å². The zero-order chi connectivity index (χ0) is 27.6. The van der Waals surface area contributed by atoms with Crippen molar-refractivity contribution in [1.82, 2.24) is 34.0 Å². The lowest BCUT2D eigenvalue weighted by atomic mass is 9.77. The van der Waals surface area contributed by atoms with Crippen molar-refractivity contribution in [2.75, 3.05) is 26.2 Å². The Morgan fingerprint density at radius 1 is 0.900 bits per heavy atom. The third-order valence-electron chi connectivity index (χ3n) is 8.50. The summed E-state index contributed by atoms with van der Waals surface area (Å²) in [6.07, 6.45) is 10.4. The zero-order valence-electron chi connectivity index (χ0n) is 22.9. The highest BCUT2D eigenvalue weighted by molar-refractivity contribution is 7.89. The number of benzene rings is 1. The molecule has 2 fully saturated rings. The van der Waals surface area contributed by atoms with Crippen molar-refractivity contribution in [1.29, 1.82) is 0 Å². The Balaban J connectivity index is 1.05. The topological polar surface area (TPSA) is 101 Å². The summed E-state index contributed by atoms with van der Waals surface area (Å²) >= 11 is 1.88. The van der Waals surface area contributed by atoms with Crippen LogP contribution < -0.4 is 0 Å². The van der Waals surface area contributed by atoms with Crippen LogP contribution in [-0.4, -0.2) is 68.6 Å². The van der Waals surface area contributed by atoms with E-state index in [1.807, 2.05) is 23.5 Å². The lowest BCUT2D eigenvalue weighted by Crippen LogP contribution is -2.41. The quantitative estimate of drug-likeness (QED) is 0.289. The number of sulfonamides is 1. The zero-order valence-corrected chi connectivity index (χ0v) is 24.6. The number of hydrogen-bond donors (Lipinski definition) is 2. The van der Waals surface area contributed by atoms with E-state index in [1.165, 1.54) is 47.1 Å². The van der Waals surface area contributed by atoms with Crippen LogP contribution in [0.2, 0.25) is 0 Å². The largest absolute Gasteiger partial charge is 0.347 e. The molecule has 1 aromatic carbocycles. The maximum absolute atomic E-state index is 13.6. The highest BCUT2D eigenvalue weighted by Gasteiger charge is 2.40. The number of aryl methyl sites for hydroxylation is 1. The molecule has 212 valence electrons. The van der Waals surface area contributed by atoms with Crippen molar-refractivity contribution < 1.29 is 8.42 Å². The molecule has 0 radical (unpaired) electrons. The molecule has 0 unspecified atom stereocenters. The number of thiophene rings is 1. The number of nitrogens with one attached hydrogen (secondary N) is 2. The van der Waals surface area contributed by atoms with Crippen LogP contribution in [0, 0.1) is 12.3 Å². The van der Waals surface area contributed by atoms with Gasteiger partial charge in [0.05, 0.1) is 18.0 Å². The molecule has 0 bridgehead atoms. The van der Waals surface area contributed by atoms with E-state index in [9.17, 15) is 8.42 Å². The first-order valence-corrected chi connectivity index (χ1v) is 16.2. The van der Waals surface area contributed by atoms with E-state index in [-0.39, 0.29) is 18.0 Å². The number of hydrogen-bond acceptors (Lipinski definition) is 7. The number of aromatic amines is 2. The Hall–Kier alpha value is -2.83. The number of nitrogens with zero attached hydrogens (tertiary/aromatic N) is 5.